The lowest BCUT2D eigenvalue weighted by Gasteiger charge is -2.35. The van der Waals surface area contributed by atoms with Crippen LogP contribution in [0.5, 0.6) is 0 Å². The number of halogens is 1. The summed E-state index contributed by atoms with van der Waals surface area (Å²) in [5.41, 5.74) is 12.8. The summed E-state index contributed by atoms with van der Waals surface area (Å²) in [7, 11) is 0. The third-order valence-corrected chi connectivity index (χ3v) is 8.65. The molecule has 36 heavy (non-hydrogen) atoms. The van der Waals surface area contributed by atoms with Gasteiger partial charge in [0.05, 0.1) is 5.41 Å². The molecule has 6 aromatic rings. The first-order valence-corrected chi connectivity index (χ1v) is 13.2. The number of hydrogen-bond donors (Lipinski definition) is 0. The summed E-state index contributed by atoms with van der Waals surface area (Å²) in [5, 5.41) is 2.60. The van der Waals surface area contributed by atoms with Crippen molar-refractivity contribution in [2.24, 2.45) is 0 Å². The van der Waals surface area contributed by atoms with E-state index in [-0.39, 0.29) is 0 Å². The van der Waals surface area contributed by atoms with Crippen LogP contribution in [0.1, 0.15) is 22.3 Å². The van der Waals surface area contributed by atoms with Gasteiger partial charge in [-0.05, 0) is 78.5 Å². The molecule has 0 aromatic heterocycles. The van der Waals surface area contributed by atoms with Gasteiger partial charge in [-0.25, -0.2) is 0 Å². The molecule has 1 heteroatoms. The Labute approximate surface area is 219 Å². The van der Waals surface area contributed by atoms with Crippen LogP contribution in [0.4, 0.5) is 0 Å². The highest BCUT2D eigenvalue weighted by Crippen LogP contribution is 2.62. The molecule has 0 amide bonds. The summed E-state index contributed by atoms with van der Waals surface area (Å²) in [6.07, 6.45) is 0. The summed E-state index contributed by atoms with van der Waals surface area (Å²) in [6, 6.07) is 47.3. The van der Waals surface area contributed by atoms with Gasteiger partial charge < -0.3 is 0 Å². The highest BCUT2D eigenvalue weighted by atomic mass is 79.9. The fraction of sp³-hybridized carbons (Fsp3) is 0.0286. The molecule has 0 nitrogen and oxygen atoms in total. The first kappa shape index (κ1) is 20.3. The largest absolute Gasteiger partial charge is 0.0725 e. The van der Waals surface area contributed by atoms with E-state index in [0.29, 0.717) is 0 Å². The maximum atomic E-state index is 3.80. The van der Waals surface area contributed by atoms with Crippen LogP contribution in [0, 0.1) is 0 Å². The third kappa shape index (κ3) is 2.44. The minimum atomic E-state index is -0.415. The zero-order valence-electron chi connectivity index (χ0n) is 19.5. The molecular weight excluding hydrogens is 500 g/mol. The molecule has 0 fully saturated rings. The van der Waals surface area contributed by atoms with E-state index in [1.807, 2.05) is 0 Å². The second-order valence-corrected chi connectivity index (χ2v) is 10.7. The summed E-state index contributed by atoms with van der Waals surface area (Å²) in [5.74, 6) is 0. The van der Waals surface area contributed by atoms with Gasteiger partial charge in [0.25, 0.3) is 0 Å². The average molecular weight is 521 g/mol. The molecule has 0 bridgehead atoms. The van der Waals surface area contributed by atoms with Gasteiger partial charge >= 0.3 is 0 Å². The topological polar surface area (TPSA) is 0 Å². The molecule has 2 aliphatic carbocycles. The van der Waals surface area contributed by atoms with Gasteiger partial charge in [0.15, 0.2) is 0 Å². The highest BCUT2D eigenvalue weighted by molar-refractivity contribution is 9.10. The summed E-state index contributed by atoms with van der Waals surface area (Å²) < 4.78 is 1.10. The Morgan fingerprint density at radius 3 is 1.78 bits per heavy atom. The quantitative estimate of drug-likeness (QED) is 0.186. The van der Waals surface area contributed by atoms with Crippen molar-refractivity contribution < 1.29 is 0 Å². The Balaban J connectivity index is 1.66. The molecule has 1 unspecified atom stereocenters. The van der Waals surface area contributed by atoms with Crippen LogP contribution in [-0.2, 0) is 5.41 Å². The summed E-state index contributed by atoms with van der Waals surface area (Å²) in [6.45, 7) is 0. The molecule has 0 heterocycles. The second kappa shape index (κ2) is 7.29. The van der Waals surface area contributed by atoms with Crippen LogP contribution in [0.25, 0.3) is 44.2 Å². The summed E-state index contributed by atoms with van der Waals surface area (Å²) in [4.78, 5) is 0. The van der Waals surface area contributed by atoms with Gasteiger partial charge in [-0.1, -0.05) is 131 Å². The molecule has 1 spiro atoms. The van der Waals surface area contributed by atoms with E-state index in [2.05, 4.69) is 143 Å². The molecule has 0 saturated carbocycles. The molecule has 8 rings (SSSR count). The highest BCUT2D eigenvalue weighted by Gasteiger charge is 2.49. The molecule has 6 aromatic carbocycles. The maximum absolute atomic E-state index is 3.80. The van der Waals surface area contributed by atoms with Crippen molar-refractivity contribution >= 4 is 26.7 Å². The van der Waals surface area contributed by atoms with Gasteiger partial charge in [-0.2, -0.15) is 0 Å². The van der Waals surface area contributed by atoms with Crippen molar-refractivity contribution in [1.29, 1.82) is 0 Å². The van der Waals surface area contributed by atoms with Crippen LogP contribution in [0.2, 0.25) is 0 Å². The Bertz CT molecular complexity index is 1860. The van der Waals surface area contributed by atoms with E-state index in [1.54, 1.807) is 0 Å². The lowest BCUT2D eigenvalue weighted by molar-refractivity contribution is 0.776. The number of rotatable bonds is 0. The van der Waals surface area contributed by atoms with E-state index in [0.717, 1.165) is 4.47 Å². The van der Waals surface area contributed by atoms with Gasteiger partial charge in [0.1, 0.15) is 0 Å². The second-order valence-electron chi connectivity index (χ2n) is 9.79. The monoisotopic (exact) mass is 520 g/mol. The molecule has 1 atom stereocenters. The van der Waals surface area contributed by atoms with Crippen molar-refractivity contribution in [1.82, 2.24) is 0 Å². The number of hydrogen-bond acceptors (Lipinski definition) is 0. The van der Waals surface area contributed by atoms with E-state index < -0.39 is 5.41 Å². The summed E-state index contributed by atoms with van der Waals surface area (Å²) >= 11 is 3.80. The van der Waals surface area contributed by atoms with E-state index in [9.17, 15) is 0 Å². The first-order chi connectivity index (χ1) is 17.8. The fourth-order valence-electron chi connectivity index (χ4n) is 6.84. The van der Waals surface area contributed by atoms with Crippen molar-refractivity contribution in [3.63, 3.8) is 0 Å². The number of benzene rings is 6. The average Bonchev–Trinajstić information content (AvgIpc) is 3.19. The Morgan fingerprint density at radius 1 is 0.417 bits per heavy atom. The fourth-order valence-corrected chi connectivity index (χ4v) is 7.20. The van der Waals surface area contributed by atoms with Gasteiger partial charge in [0.2, 0.25) is 0 Å². The molecule has 0 radical (unpaired) electrons. The smallest absolute Gasteiger partial charge is 0.0619 e. The van der Waals surface area contributed by atoms with E-state index >= 15 is 0 Å². The maximum Gasteiger partial charge on any atom is 0.0725 e. The van der Waals surface area contributed by atoms with Crippen LogP contribution in [-0.4, -0.2) is 0 Å². The minimum absolute atomic E-state index is 0.415. The lowest BCUT2D eigenvalue weighted by atomic mass is 9.66. The van der Waals surface area contributed by atoms with Crippen molar-refractivity contribution in [3.8, 4) is 33.4 Å². The van der Waals surface area contributed by atoms with Gasteiger partial charge in [-0.15, -0.1) is 0 Å². The van der Waals surface area contributed by atoms with Gasteiger partial charge in [-0.3, -0.25) is 0 Å². The molecular formula is C35H21Br. The van der Waals surface area contributed by atoms with E-state index in [1.165, 1.54) is 66.4 Å². The van der Waals surface area contributed by atoms with Crippen LogP contribution < -0.4 is 0 Å². The van der Waals surface area contributed by atoms with Crippen molar-refractivity contribution in [3.05, 3.63) is 154 Å². The molecule has 168 valence electrons. The minimum Gasteiger partial charge on any atom is -0.0619 e. The SMILES string of the molecule is Brc1ccc2c(c1)-c1ccccc1-c1ccccc1C21c2ccccc2-c2c1ccc1ccccc21. The van der Waals surface area contributed by atoms with Crippen molar-refractivity contribution in [2.75, 3.05) is 0 Å². The molecule has 2 aliphatic rings. The zero-order chi connectivity index (χ0) is 23.9. The van der Waals surface area contributed by atoms with Gasteiger partial charge in [0, 0.05) is 4.47 Å². The van der Waals surface area contributed by atoms with Crippen LogP contribution >= 0.6 is 15.9 Å². The Hall–Kier alpha value is -3.94. The molecule has 0 saturated heterocycles. The first-order valence-electron chi connectivity index (χ1n) is 12.4. The molecule has 0 N–H and O–H groups in total. The van der Waals surface area contributed by atoms with Crippen LogP contribution in [0.3, 0.4) is 0 Å². The number of fused-ring (bicyclic) bond motifs is 14. The molecule has 0 aliphatic heterocycles. The predicted molar refractivity (Wildman–Crippen MR) is 153 cm³/mol. The third-order valence-electron chi connectivity index (χ3n) is 8.16. The Kier molecular flexibility index (Phi) is 4.10. The predicted octanol–water partition coefficient (Wildman–Crippen LogP) is 9.61. The zero-order valence-corrected chi connectivity index (χ0v) is 21.1. The standard InChI is InChI=1S/C35H21Br/c36-23-18-20-32-29(21-23)26-12-4-3-11-25(26)27-13-5-7-15-30(27)35(32)31-16-8-6-14-28(31)34-24-10-2-1-9-22(24)17-19-33(34)35/h1-21H. The Morgan fingerprint density at radius 2 is 0.972 bits per heavy atom. The van der Waals surface area contributed by atoms with Crippen LogP contribution in [0.15, 0.2) is 132 Å². The lowest BCUT2D eigenvalue weighted by Crippen LogP contribution is -2.29. The van der Waals surface area contributed by atoms with E-state index in [4.69, 9.17) is 0 Å². The van der Waals surface area contributed by atoms with Crippen molar-refractivity contribution in [2.45, 2.75) is 5.41 Å². The normalized spacial score (nSPS) is 16.6.